The van der Waals surface area contributed by atoms with E-state index in [1.54, 1.807) is 12.3 Å². The van der Waals surface area contributed by atoms with Crippen LogP contribution in [0.3, 0.4) is 0 Å². The molecule has 0 aliphatic heterocycles. The molecule has 0 saturated heterocycles. The second-order valence-corrected chi connectivity index (χ2v) is 3.62. The third-order valence-electron chi connectivity index (χ3n) is 2.46. The van der Waals surface area contributed by atoms with Gasteiger partial charge in [0.1, 0.15) is 0 Å². The van der Waals surface area contributed by atoms with Gasteiger partial charge in [-0.1, -0.05) is 0 Å². The Balaban J connectivity index is 2.58. The van der Waals surface area contributed by atoms with Crippen LogP contribution in [-0.4, -0.2) is 18.1 Å². The van der Waals surface area contributed by atoms with Crippen LogP contribution in [0.15, 0.2) is 24.4 Å². The molecule has 2 aromatic rings. The summed E-state index contributed by atoms with van der Waals surface area (Å²) in [7, 11) is 0. The highest BCUT2D eigenvalue weighted by atomic mass is 19.1. The number of halogens is 1. The Labute approximate surface area is 99.6 Å². The van der Waals surface area contributed by atoms with Crippen molar-refractivity contribution >= 4 is 16.6 Å². The number of benzene rings is 1. The van der Waals surface area contributed by atoms with Crippen molar-refractivity contribution in [1.82, 2.24) is 4.98 Å². The molecule has 1 N–H and O–H groups in total. The van der Waals surface area contributed by atoms with E-state index in [0.717, 1.165) is 17.6 Å². The summed E-state index contributed by atoms with van der Waals surface area (Å²) in [5.41, 5.74) is 1.57. The molecule has 1 aromatic heterocycles. The maximum Gasteiger partial charge on any atom is 0.167 e. The predicted molar refractivity (Wildman–Crippen MR) is 67.0 cm³/mol. The number of hydrogen-bond donors (Lipinski definition) is 1. The van der Waals surface area contributed by atoms with Crippen molar-refractivity contribution in [3.05, 3.63) is 30.2 Å². The highest BCUT2D eigenvalue weighted by Gasteiger charge is 2.08. The molecule has 0 spiro atoms. The zero-order valence-corrected chi connectivity index (χ0v) is 9.96. The van der Waals surface area contributed by atoms with Crippen molar-refractivity contribution in [1.29, 1.82) is 0 Å². The molecule has 4 heteroatoms. The molecule has 0 bridgehead atoms. The number of pyridine rings is 1. The Kier molecular flexibility index (Phi) is 3.42. The number of aromatic nitrogens is 1. The van der Waals surface area contributed by atoms with E-state index in [1.807, 2.05) is 19.9 Å². The number of nitrogens with one attached hydrogen (secondary N) is 1. The van der Waals surface area contributed by atoms with Gasteiger partial charge in [-0.25, -0.2) is 4.39 Å². The predicted octanol–water partition coefficient (Wildman–Crippen LogP) is 3.20. The quantitative estimate of drug-likeness (QED) is 0.882. The van der Waals surface area contributed by atoms with Gasteiger partial charge in [-0.2, -0.15) is 0 Å². The topological polar surface area (TPSA) is 34.2 Å². The number of ether oxygens (including phenoxy) is 1. The summed E-state index contributed by atoms with van der Waals surface area (Å²) >= 11 is 0. The minimum Gasteiger partial charge on any atom is -0.491 e. The Bertz CT molecular complexity index is 528. The monoisotopic (exact) mass is 234 g/mol. The second kappa shape index (κ2) is 4.99. The van der Waals surface area contributed by atoms with Gasteiger partial charge in [-0.05, 0) is 26.0 Å². The van der Waals surface area contributed by atoms with Gasteiger partial charge in [0.25, 0.3) is 0 Å². The molecule has 0 atom stereocenters. The lowest BCUT2D eigenvalue weighted by molar-refractivity contribution is 0.322. The molecule has 0 fully saturated rings. The third-order valence-corrected chi connectivity index (χ3v) is 2.46. The van der Waals surface area contributed by atoms with Crippen LogP contribution < -0.4 is 10.1 Å². The van der Waals surface area contributed by atoms with Gasteiger partial charge in [-0.15, -0.1) is 0 Å². The van der Waals surface area contributed by atoms with E-state index in [-0.39, 0.29) is 11.6 Å². The summed E-state index contributed by atoms with van der Waals surface area (Å²) in [6.45, 7) is 5.09. The SMILES string of the molecule is CCNc1ccnc2cc(F)c(OCC)cc12. The molecule has 0 radical (unpaired) electrons. The van der Waals surface area contributed by atoms with Crippen LogP contribution in [0.1, 0.15) is 13.8 Å². The first-order valence-electron chi connectivity index (χ1n) is 5.71. The maximum atomic E-state index is 13.6. The summed E-state index contributed by atoms with van der Waals surface area (Å²) in [5.74, 6) is -0.104. The minimum atomic E-state index is -0.375. The standard InChI is InChI=1S/C13H15FN2O/c1-3-15-11-5-6-16-12-8-10(14)13(17-4-2)7-9(11)12/h5-8H,3-4H2,1-2H3,(H,15,16). The van der Waals surface area contributed by atoms with Crippen LogP contribution in [0.4, 0.5) is 10.1 Å². The van der Waals surface area contributed by atoms with Gasteiger partial charge in [0, 0.05) is 29.9 Å². The van der Waals surface area contributed by atoms with Crippen LogP contribution in [-0.2, 0) is 0 Å². The zero-order chi connectivity index (χ0) is 12.3. The van der Waals surface area contributed by atoms with Crippen LogP contribution in [0.5, 0.6) is 5.75 Å². The fraction of sp³-hybridized carbons (Fsp3) is 0.308. The summed E-state index contributed by atoms with van der Waals surface area (Å²) < 4.78 is 18.9. The van der Waals surface area contributed by atoms with Crippen molar-refractivity contribution in [2.24, 2.45) is 0 Å². The van der Waals surface area contributed by atoms with Gasteiger partial charge in [-0.3, -0.25) is 4.98 Å². The highest BCUT2D eigenvalue weighted by molar-refractivity contribution is 5.92. The van der Waals surface area contributed by atoms with Crippen LogP contribution >= 0.6 is 0 Å². The Morgan fingerprint density at radius 3 is 2.88 bits per heavy atom. The zero-order valence-electron chi connectivity index (χ0n) is 9.96. The first-order valence-corrected chi connectivity index (χ1v) is 5.71. The minimum absolute atomic E-state index is 0.271. The first kappa shape index (κ1) is 11.6. The first-order chi connectivity index (χ1) is 8.26. The lowest BCUT2D eigenvalue weighted by atomic mass is 10.1. The molecule has 17 heavy (non-hydrogen) atoms. The van der Waals surface area contributed by atoms with Crippen molar-refractivity contribution in [3.8, 4) is 5.75 Å². The fourth-order valence-corrected chi connectivity index (χ4v) is 1.76. The van der Waals surface area contributed by atoms with Crippen LogP contribution in [0.25, 0.3) is 10.9 Å². The van der Waals surface area contributed by atoms with Crippen molar-refractivity contribution in [3.63, 3.8) is 0 Å². The average Bonchev–Trinajstić information content (AvgIpc) is 2.31. The molecule has 0 amide bonds. The van der Waals surface area contributed by atoms with Crippen LogP contribution in [0.2, 0.25) is 0 Å². The summed E-state index contributed by atoms with van der Waals surface area (Å²) in [4.78, 5) is 4.15. The summed E-state index contributed by atoms with van der Waals surface area (Å²) in [6, 6.07) is 4.97. The molecule has 0 aliphatic rings. The van der Waals surface area contributed by atoms with Gasteiger partial charge in [0.15, 0.2) is 11.6 Å². The second-order valence-electron chi connectivity index (χ2n) is 3.62. The summed E-state index contributed by atoms with van der Waals surface area (Å²) in [6.07, 6.45) is 1.67. The molecule has 1 aromatic carbocycles. The number of rotatable bonds is 4. The third kappa shape index (κ3) is 2.30. The Morgan fingerprint density at radius 2 is 2.18 bits per heavy atom. The molecule has 2 rings (SSSR count). The lowest BCUT2D eigenvalue weighted by Crippen LogP contribution is -1.99. The average molecular weight is 234 g/mol. The molecule has 0 saturated carbocycles. The van der Waals surface area contributed by atoms with E-state index < -0.39 is 0 Å². The van der Waals surface area contributed by atoms with Crippen molar-refractivity contribution in [2.45, 2.75) is 13.8 Å². The molecule has 90 valence electrons. The van der Waals surface area contributed by atoms with Gasteiger partial charge < -0.3 is 10.1 Å². The highest BCUT2D eigenvalue weighted by Crippen LogP contribution is 2.28. The van der Waals surface area contributed by atoms with Crippen molar-refractivity contribution in [2.75, 3.05) is 18.5 Å². The van der Waals surface area contributed by atoms with E-state index >= 15 is 0 Å². The van der Waals surface area contributed by atoms with E-state index in [0.29, 0.717) is 12.1 Å². The van der Waals surface area contributed by atoms with E-state index in [4.69, 9.17) is 4.74 Å². The molecule has 3 nitrogen and oxygen atoms in total. The molecule has 0 aliphatic carbocycles. The largest absolute Gasteiger partial charge is 0.491 e. The number of hydrogen-bond acceptors (Lipinski definition) is 3. The molecular weight excluding hydrogens is 219 g/mol. The number of fused-ring (bicyclic) bond motifs is 1. The van der Waals surface area contributed by atoms with Gasteiger partial charge in [0.2, 0.25) is 0 Å². The molecular formula is C13H15FN2O. The lowest BCUT2D eigenvalue weighted by Gasteiger charge is -2.10. The number of anilines is 1. The summed E-state index contributed by atoms with van der Waals surface area (Å²) in [5, 5.41) is 4.10. The Morgan fingerprint density at radius 1 is 1.35 bits per heavy atom. The molecule has 0 unspecified atom stereocenters. The maximum absolute atomic E-state index is 13.6. The van der Waals surface area contributed by atoms with E-state index in [2.05, 4.69) is 10.3 Å². The molecule has 1 heterocycles. The van der Waals surface area contributed by atoms with Crippen LogP contribution in [0, 0.1) is 5.82 Å². The fourth-order valence-electron chi connectivity index (χ4n) is 1.76. The van der Waals surface area contributed by atoms with E-state index in [1.165, 1.54) is 6.07 Å². The normalized spacial score (nSPS) is 10.5. The van der Waals surface area contributed by atoms with Gasteiger partial charge in [0.05, 0.1) is 12.1 Å². The van der Waals surface area contributed by atoms with Crippen molar-refractivity contribution < 1.29 is 9.13 Å². The van der Waals surface area contributed by atoms with E-state index in [9.17, 15) is 4.39 Å². The van der Waals surface area contributed by atoms with Gasteiger partial charge >= 0.3 is 0 Å². The Hall–Kier alpha value is -1.84. The smallest absolute Gasteiger partial charge is 0.167 e. The number of nitrogens with zero attached hydrogens (tertiary/aromatic N) is 1.